The van der Waals surface area contributed by atoms with Crippen LogP contribution in [0.5, 0.6) is 0 Å². The summed E-state index contributed by atoms with van der Waals surface area (Å²) in [6, 6.07) is -0.213. The summed E-state index contributed by atoms with van der Waals surface area (Å²) in [7, 11) is 0. The summed E-state index contributed by atoms with van der Waals surface area (Å²) in [5, 5.41) is 15.2. The Balaban J connectivity index is 1.89. The molecule has 6 heteroatoms. The van der Waals surface area contributed by atoms with Crippen molar-refractivity contribution in [1.82, 2.24) is 15.5 Å². The third-order valence-electron chi connectivity index (χ3n) is 4.76. The van der Waals surface area contributed by atoms with Crippen molar-refractivity contribution in [2.24, 2.45) is 0 Å². The van der Waals surface area contributed by atoms with Crippen LogP contribution in [-0.2, 0) is 4.79 Å². The van der Waals surface area contributed by atoms with E-state index in [9.17, 15) is 14.7 Å². The summed E-state index contributed by atoms with van der Waals surface area (Å²) in [5.74, 6) is -0.906. The van der Waals surface area contributed by atoms with Gasteiger partial charge in [0, 0.05) is 12.6 Å². The highest BCUT2D eigenvalue weighted by molar-refractivity contribution is 5.86. The van der Waals surface area contributed by atoms with Crippen molar-refractivity contribution >= 4 is 12.0 Å². The largest absolute Gasteiger partial charge is 0.480 e. The van der Waals surface area contributed by atoms with Crippen LogP contribution in [0.15, 0.2) is 0 Å². The fourth-order valence-corrected chi connectivity index (χ4v) is 3.45. The molecule has 21 heavy (non-hydrogen) atoms. The second-order valence-corrected chi connectivity index (χ2v) is 6.28. The number of carbonyl (C=O) groups excluding carboxylic acids is 1. The van der Waals surface area contributed by atoms with E-state index in [1.807, 2.05) is 0 Å². The lowest BCUT2D eigenvalue weighted by Crippen LogP contribution is -2.60. The van der Waals surface area contributed by atoms with Crippen molar-refractivity contribution in [3.63, 3.8) is 0 Å². The van der Waals surface area contributed by atoms with E-state index >= 15 is 0 Å². The average molecular weight is 297 g/mol. The number of amides is 2. The van der Waals surface area contributed by atoms with Crippen molar-refractivity contribution in [2.45, 2.75) is 63.5 Å². The normalized spacial score (nSPS) is 26.0. The van der Waals surface area contributed by atoms with Gasteiger partial charge in [0.1, 0.15) is 5.54 Å². The number of rotatable bonds is 4. The lowest BCUT2D eigenvalue weighted by atomic mass is 9.82. The number of carboxylic acids is 1. The number of urea groups is 1. The van der Waals surface area contributed by atoms with Gasteiger partial charge in [-0.1, -0.05) is 26.2 Å². The van der Waals surface area contributed by atoms with Crippen LogP contribution in [0.4, 0.5) is 4.79 Å². The van der Waals surface area contributed by atoms with Crippen LogP contribution in [0, 0.1) is 0 Å². The first-order valence-electron chi connectivity index (χ1n) is 8.10. The molecule has 0 aromatic heterocycles. The molecule has 1 atom stereocenters. The molecule has 3 N–H and O–H groups in total. The standard InChI is InChI=1S/C15H27N3O3/c1-2-18-10-6-7-12(11-18)16-14(21)17-15(13(19)20)8-4-3-5-9-15/h12H,2-11H2,1H3,(H,19,20)(H2,16,17,21). The Labute approximate surface area is 126 Å². The van der Waals surface area contributed by atoms with Crippen molar-refractivity contribution in [3.8, 4) is 0 Å². The van der Waals surface area contributed by atoms with Crippen LogP contribution in [0.1, 0.15) is 51.9 Å². The van der Waals surface area contributed by atoms with Crippen molar-refractivity contribution in [3.05, 3.63) is 0 Å². The number of carboxylic acid groups (broad SMARTS) is 1. The topological polar surface area (TPSA) is 81.7 Å². The lowest BCUT2D eigenvalue weighted by Gasteiger charge is -2.36. The molecule has 2 fully saturated rings. The molecule has 2 aliphatic rings. The predicted octanol–water partition coefficient (Wildman–Crippen LogP) is 1.56. The molecular formula is C15H27N3O3. The van der Waals surface area contributed by atoms with Gasteiger partial charge < -0.3 is 20.6 Å². The molecule has 1 saturated carbocycles. The lowest BCUT2D eigenvalue weighted by molar-refractivity contribution is -0.145. The van der Waals surface area contributed by atoms with Crippen LogP contribution < -0.4 is 10.6 Å². The third kappa shape index (κ3) is 4.09. The number of carbonyl (C=O) groups is 2. The van der Waals surface area contributed by atoms with Gasteiger partial charge in [0.2, 0.25) is 0 Å². The zero-order chi connectivity index (χ0) is 15.3. The van der Waals surface area contributed by atoms with Gasteiger partial charge in [0.05, 0.1) is 0 Å². The number of hydrogen-bond acceptors (Lipinski definition) is 3. The number of aliphatic carboxylic acids is 1. The summed E-state index contributed by atoms with van der Waals surface area (Å²) in [4.78, 5) is 26.0. The summed E-state index contributed by atoms with van der Waals surface area (Å²) >= 11 is 0. The Hall–Kier alpha value is -1.30. The highest BCUT2D eigenvalue weighted by atomic mass is 16.4. The van der Waals surface area contributed by atoms with Crippen LogP contribution >= 0.6 is 0 Å². The molecule has 0 bridgehead atoms. The van der Waals surface area contributed by atoms with Crippen molar-refractivity contribution in [1.29, 1.82) is 0 Å². The first kappa shape index (κ1) is 16.1. The molecule has 6 nitrogen and oxygen atoms in total. The molecule has 1 unspecified atom stereocenters. The fourth-order valence-electron chi connectivity index (χ4n) is 3.45. The molecular weight excluding hydrogens is 270 g/mol. The minimum Gasteiger partial charge on any atom is -0.480 e. The van der Waals surface area contributed by atoms with E-state index in [0.29, 0.717) is 12.8 Å². The van der Waals surface area contributed by atoms with Gasteiger partial charge in [-0.05, 0) is 38.8 Å². The maximum atomic E-state index is 12.2. The van der Waals surface area contributed by atoms with E-state index in [4.69, 9.17) is 0 Å². The fraction of sp³-hybridized carbons (Fsp3) is 0.867. The van der Waals surface area contributed by atoms with Crippen molar-refractivity contribution < 1.29 is 14.7 Å². The number of piperidine rings is 1. The quantitative estimate of drug-likeness (QED) is 0.735. The summed E-state index contributed by atoms with van der Waals surface area (Å²) in [6.45, 7) is 5.03. The summed E-state index contributed by atoms with van der Waals surface area (Å²) < 4.78 is 0. The highest BCUT2D eigenvalue weighted by Gasteiger charge is 2.41. The SMILES string of the molecule is CCN1CCCC(NC(=O)NC2(C(=O)O)CCCCC2)C1. The van der Waals surface area contributed by atoms with E-state index in [1.165, 1.54) is 0 Å². The number of likely N-dealkylation sites (N-methyl/N-ethyl adjacent to an activating group) is 1. The Bertz CT molecular complexity index is 380. The Kier molecular flexibility index (Phi) is 5.45. The Morgan fingerprint density at radius 1 is 1.24 bits per heavy atom. The van der Waals surface area contributed by atoms with Gasteiger partial charge in [-0.3, -0.25) is 0 Å². The molecule has 2 rings (SSSR count). The predicted molar refractivity (Wildman–Crippen MR) is 80.3 cm³/mol. The molecule has 1 aliphatic carbocycles. The first-order chi connectivity index (χ1) is 10.1. The van der Waals surface area contributed by atoms with E-state index in [2.05, 4.69) is 22.5 Å². The van der Waals surface area contributed by atoms with Crippen LogP contribution in [0.2, 0.25) is 0 Å². The van der Waals surface area contributed by atoms with E-state index in [1.54, 1.807) is 0 Å². The molecule has 120 valence electrons. The highest BCUT2D eigenvalue weighted by Crippen LogP contribution is 2.28. The van der Waals surface area contributed by atoms with E-state index in [-0.39, 0.29) is 12.1 Å². The maximum absolute atomic E-state index is 12.2. The minimum atomic E-state index is -1.07. The molecule has 0 aromatic carbocycles. The number of likely N-dealkylation sites (tertiary alicyclic amines) is 1. The molecule has 0 spiro atoms. The first-order valence-corrected chi connectivity index (χ1v) is 8.10. The summed E-state index contributed by atoms with van der Waals surface area (Å²) in [6.07, 6.45) is 5.86. The molecule has 1 heterocycles. The molecule has 2 amide bonds. The Morgan fingerprint density at radius 2 is 1.95 bits per heavy atom. The zero-order valence-corrected chi connectivity index (χ0v) is 12.9. The molecule has 0 aromatic rings. The monoisotopic (exact) mass is 297 g/mol. The molecule has 0 radical (unpaired) electrons. The van der Waals surface area contributed by atoms with Crippen LogP contribution in [0.25, 0.3) is 0 Å². The van der Waals surface area contributed by atoms with E-state index in [0.717, 1.165) is 51.7 Å². The second-order valence-electron chi connectivity index (χ2n) is 6.28. The Morgan fingerprint density at radius 3 is 2.57 bits per heavy atom. The number of nitrogens with zero attached hydrogens (tertiary/aromatic N) is 1. The summed E-state index contributed by atoms with van der Waals surface area (Å²) in [5.41, 5.74) is -1.07. The third-order valence-corrected chi connectivity index (χ3v) is 4.76. The smallest absolute Gasteiger partial charge is 0.329 e. The average Bonchev–Trinajstić information content (AvgIpc) is 2.48. The van der Waals surface area contributed by atoms with Gasteiger partial charge in [-0.25, -0.2) is 9.59 Å². The van der Waals surface area contributed by atoms with E-state index < -0.39 is 11.5 Å². The molecule has 1 saturated heterocycles. The number of nitrogens with one attached hydrogen (secondary N) is 2. The second kappa shape index (κ2) is 7.11. The van der Waals surface area contributed by atoms with Gasteiger partial charge >= 0.3 is 12.0 Å². The minimum absolute atomic E-state index is 0.119. The van der Waals surface area contributed by atoms with Gasteiger partial charge in [0.25, 0.3) is 0 Å². The van der Waals surface area contributed by atoms with Crippen molar-refractivity contribution in [2.75, 3.05) is 19.6 Å². The zero-order valence-electron chi connectivity index (χ0n) is 12.9. The van der Waals surface area contributed by atoms with Crippen LogP contribution in [-0.4, -0.2) is 53.2 Å². The van der Waals surface area contributed by atoms with Gasteiger partial charge in [0.15, 0.2) is 0 Å². The van der Waals surface area contributed by atoms with Crippen LogP contribution in [0.3, 0.4) is 0 Å². The van der Waals surface area contributed by atoms with Gasteiger partial charge in [-0.2, -0.15) is 0 Å². The molecule has 1 aliphatic heterocycles. The number of hydrogen-bond donors (Lipinski definition) is 3. The maximum Gasteiger partial charge on any atom is 0.329 e. The van der Waals surface area contributed by atoms with Gasteiger partial charge in [-0.15, -0.1) is 0 Å².